The van der Waals surface area contributed by atoms with Gasteiger partial charge in [0.05, 0.1) is 4.92 Å². The van der Waals surface area contributed by atoms with Gasteiger partial charge in [-0.1, -0.05) is 29.3 Å². The monoisotopic (exact) mass is 267 g/mol. The van der Waals surface area contributed by atoms with Crippen LogP contribution in [0.5, 0.6) is 0 Å². The second kappa shape index (κ2) is 4.73. The van der Waals surface area contributed by atoms with Crippen LogP contribution in [0.2, 0.25) is 10.0 Å². The zero-order chi connectivity index (χ0) is 12.4. The second-order valence-electron chi connectivity index (χ2n) is 3.43. The SMILES string of the molecule is O=[N+]([O-])c1ccc(-c2ccc(Cl)cc2Cl)cc1. The highest BCUT2D eigenvalue weighted by Crippen LogP contribution is 2.31. The number of non-ortho nitro benzene ring substituents is 1. The summed E-state index contributed by atoms with van der Waals surface area (Å²) in [6.07, 6.45) is 0. The van der Waals surface area contributed by atoms with Crippen molar-refractivity contribution in [2.45, 2.75) is 0 Å². The molecule has 0 N–H and O–H groups in total. The lowest BCUT2D eigenvalue weighted by Gasteiger charge is -2.04. The smallest absolute Gasteiger partial charge is 0.258 e. The summed E-state index contributed by atoms with van der Waals surface area (Å²) in [5.74, 6) is 0. The van der Waals surface area contributed by atoms with E-state index in [9.17, 15) is 10.1 Å². The van der Waals surface area contributed by atoms with Gasteiger partial charge >= 0.3 is 0 Å². The van der Waals surface area contributed by atoms with Crippen molar-refractivity contribution in [3.63, 3.8) is 0 Å². The van der Waals surface area contributed by atoms with Crippen LogP contribution in [0.1, 0.15) is 0 Å². The normalized spacial score (nSPS) is 10.2. The average molecular weight is 268 g/mol. The highest BCUT2D eigenvalue weighted by Gasteiger charge is 2.07. The molecule has 0 fully saturated rings. The molecule has 0 heterocycles. The van der Waals surface area contributed by atoms with Crippen LogP contribution in [0.4, 0.5) is 5.69 Å². The highest BCUT2D eigenvalue weighted by atomic mass is 35.5. The van der Waals surface area contributed by atoms with Crippen LogP contribution in [0.3, 0.4) is 0 Å². The summed E-state index contributed by atoms with van der Waals surface area (Å²) in [6.45, 7) is 0. The minimum absolute atomic E-state index is 0.0545. The fraction of sp³-hybridized carbons (Fsp3) is 0. The molecule has 0 aliphatic carbocycles. The fourth-order valence-corrected chi connectivity index (χ4v) is 2.00. The third-order valence-electron chi connectivity index (χ3n) is 2.32. The van der Waals surface area contributed by atoms with E-state index in [1.54, 1.807) is 30.3 Å². The highest BCUT2D eigenvalue weighted by molar-refractivity contribution is 6.36. The first kappa shape index (κ1) is 11.9. The minimum atomic E-state index is -0.437. The standard InChI is InChI=1S/C12H7Cl2NO2/c13-9-3-6-11(12(14)7-9)8-1-4-10(5-2-8)15(16)17/h1-7H. The van der Waals surface area contributed by atoms with Gasteiger partial charge in [0.25, 0.3) is 5.69 Å². The van der Waals surface area contributed by atoms with E-state index in [-0.39, 0.29) is 5.69 Å². The molecule has 0 spiro atoms. The Morgan fingerprint density at radius 1 is 1.00 bits per heavy atom. The van der Waals surface area contributed by atoms with Gasteiger partial charge in [-0.3, -0.25) is 10.1 Å². The Balaban J connectivity index is 2.43. The molecule has 0 atom stereocenters. The van der Waals surface area contributed by atoms with Gasteiger partial charge in [-0.15, -0.1) is 0 Å². The quantitative estimate of drug-likeness (QED) is 0.591. The summed E-state index contributed by atoms with van der Waals surface area (Å²) in [5.41, 5.74) is 1.67. The van der Waals surface area contributed by atoms with Gasteiger partial charge in [0, 0.05) is 27.7 Å². The molecule has 86 valence electrons. The lowest BCUT2D eigenvalue weighted by Crippen LogP contribution is -1.87. The van der Waals surface area contributed by atoms with Gasteiger partial charge in [-0.05, 0) is 29.8 Å². The first-order valence-electron chi connectivity index (χ1n) is 4.78. The molecule has 0 bridgehead atoms. The Morgan fingerprint density at radius 2 is 1.65 bits per heavy atom. The molecule has 17 heavy (non-hydrogen) atoms. The van der Waals surface area contributed by atoms with E-state index < -0.39 is 4.92 Å². The van der Waals surface area contributed by atoms with E-state index in [1.807, 2.05) is 0 Å². The third kappa shape index (κ3) is 2.57. The molecule has 0 aliphatic heterocycles. The van der Waals surface area contributed by atoms with Gasteiger partial charge in [0.1, 0.15) is 0 Å². The number of halogens is 2. The van der Waals surface area contributed by atoms with Gasteiger partial charge in [-0.25, -0.2) is 0 Å². The summed E-state index contributed by atoms with van der Waals surface area (Å²) in [6, 6.07) is 11.4. The number of rotatable bonds is 2. The molecule has 0 aliphatic rings. The Kier molecular flexibility index (Phi) is 3.31. The number of hydrogen-bond acceptors (Lipinski definition) is 2. The molecule has 2 aromatic carbocycles. The van der Waals surface area contributed by atoms with Crippen molar-refractivity contribution >= 4 is 28.9 Å². The van der Waals surface area contributed by atoms with Crippen LogP contribution in [0.15, 0.2) is 42.5 Å². The Bertz CT molecular complexity index is 567. The van der Waals surface area contributed by atoms with E-state index in [2.05, 4.69) is 0 Å². The average Bonchev–Trinajstić information content (AvgIpc) is 2.29. The molecule has 3 nitrogen and oxygen atoms in total. The van der Waals surface area contributed by atoms with Gasteiger partial charge in [-0.2, -0.15) is 0 Å². The van der Waals surface area contributed by atoms with E-state index in [1.165, 1.54) is 12.1 Å². The molecular formula is C12H7Cl2NO2. The summed E-state index contributed by atoms with van der Waals surface area (Å²) in [7, 11) is 0. The molecule has 5 heteroatoms. The molecule has 0 unspecified atom stereocenters. The first-order valence-corrected chi connectivity index (χ1v) is 5.53. The zero-order valence-corrected chi connectivity index (χ0v) is 10.1. The van der Waals surface area contributed by atoms with Crippen molar-refractivity contribution < 1.29 is 4.92 Å². The van der Waals surface area contributed by atoms with Crippen molar-refractivity contribution in [1.82, 2.24) is 0 Å². The Labute approximate surface area is 108 Å². The van der Waals surface area contributed by atoms with Crippen LogP contribution >= 0.6 is 23.2 Å². The molecule has 2 rings (SSSR count). The van der Waals surface area contributed by atoms with E-state index in [0.717, 1.165) is 11.1 Å². The van der Waals surface area contributed by atoms with Crippen LogP contribution in [0.25, 0.3) is 11.1 Å². The van der Waals surface area contributed by atoms with E-state index in [0.29, 0.717) is 10.0 Å². The van der Waals surface area contributed by atoms with Gasteiger partial charge in [0.2, 0.25) is 0 Å². The largest absolute Gasteiger partial charge is 0.269 e. The second-order valence-corrected chi connectivity index (χ2v) is 4.27. The topological polar surface area (TPSA) is 43.1 Å². The summed E-state index contributed by atoms with van der Waals surface area (Å²) >= 11 is 11.8. The summed E-state index contributed by atoms with van der Waals surface area (Å²) < 4.78 is 0. The zero-order valence-electron chi connectivity index (χ0n) is 8.56. The van der Waals surface area contributed by atoms with E-state index in [4.69, 9.17) is 23.2 Å². The molecule has 0 radical (unpaired) electrons. The lowest BCUT2D eigenvalue weighted by molar-refractivity contribution is -0.384. The predicted molar refractivity (Wildman–Crippen MR) is 68.6 cm³/mol. The molecular weight excluding hydrogens is 261 g/mol. The predicted octanol–water partition coefficient (Wildman–Crippen LogP) is 4.57. The van der Waals surface area contributed by atoms with Crippen molar-refractivity contribution in [3.05, 3.63) is 62.6 Å². The summed E-state index contributed by atoms with van der Waals surface area (Å²) in [4.78, 5) is 10.1. The maximum Gasteiger partial charge on any atom is 0.269 e. The fourth-order valence-electron chi connectivity index (χ4n) is 1.49. The van der Waals surface area contributed by atoms with Crippen molar-refractivity contribution in [2.24, 2.45) is 0 Å². The van der Waals surface area contributed by atoms with E-state index >= 15 is 0 Å². The number of hydrogen-bond donors (Lipinski definition) is 0. The third-order valence-corrected chi connectivity index (χ3v) is 2.87. The lowest BCUT2D eigenvalue weighted by atomic mass is 10.1. The number of benzene rings is 2. The molecule has 0 saturated heterocycles. The van der Waals surface area contributed by atoms with Crippen molar-refractivity contribution in [3.8, 4) is 11.1 Å². The van der Waals surface area contributed by atoms with Crippen molar-refractivity contribution in [1.29, 1.82) is 0 Å². The molecule has 0 amide bonds. The van der Waals surface area contributed by atoms with Crippen molar-refractivity contribution in [2.75, 3.05) is 0 Å². The molecule has 0 aromatic heterocycles. The molecule has 2 aromatic rings. The Morgan fingerprint density at radius 3 is 2.18 bits per heavy atom. The van der Waals surface area contributed by atoms with Crippen LogP contribution in [0, 0.1) is 10.1 Å². The summed E-state index contributed by atoms with van der Waals surface area (Å²) in [5, 5.41) is 11.6. The Hall–Kier alpha value is -1.58. The van der Waals surface area contributed by atoms with Crippen LogP contribution in [-0.4, -0.2) is 4.92 Å². The van der Waals surface area contributed by atoms with Gasteiger partial charge in [0.15, 0.2) is 0 Å². The minimum Gasteiger partial charge on any atom is -0.258 e. The van der Waals surface area contributed by atoms with Crippen LogP contribution < -0.4 is 0 Å². The number of nitrogens with zero attached hydrogens (tertiary/aromatic N) is 1. The number of nitro benzene ring substituents is 1. The van der Waals surface area contributed by atoms with Crippen LogP contribution in [-0.2, 0) is 0 Å². The maximum absolute atomic E-state index is 10.5. The number of nitro groups is 1. The molecule has 0 saturated carbocycles. The first-order chi connectivity index (χ1) is 8.08. The van der Waals surface area contributed by atoms with Gasteiger partial charge < -0.3 is 0 Å². The maximum atomic E-state index is 10.5.